The first-order chi connectivity index (χ1) is 5.70. The van der Waals surface area contributed by atoms with E-state index in [-0.39, 0.29) is 0 Å². The molecule has 0 radical (unpaired) electrons. The van der Waals surface area contributed by atoms with Crippen molar-refractivity contribution in [2.45, 2.75) is 0 Å². The van der Waals surface area contributed by atoms with E-state index < -0.39 is 0 Å². The molecule has 0 aliphatic heterocycles. The number of fused-ring (bicyclic) bond motifs is 1. The van der Waals surface area contributed by atoms with Gasteiger partial charge in [0.1, 0.15) is 9.76 Å². The number of imidazole rings is 1. The zero-order chi connectivity index (χ0) is 8.72. The normalized spacial score (nSPS) is 10.8. The van der Waals surface area contributed by atoms with Crippen LogP contribution in [-0.4, -0.2) is 9.38 Å². The van der Waals surface area contributed by atoms with Gasteiger partial charge in [0.05, 0.1) is 5.52 Å². The van der Waals surface area contributed by atoms with E-state index in [1.807, 2.05) is 12.1 Å². The van der Waals surface area contributed by atoms with Gasteiger partial charge in [0, 0.05) is 0 Å². The van der Waals surface area contributed by atoms with Crippen LogP contribution in [0.1, 0.15) is 0 Å². The number of anilines is 1. The standard InChI is InChI=1S/C7H5BrClN3/c8-6-4-2-1-3-5(9)12(4)7(10)11-6/h1-3H,(H2,10,11). The highest BCUT2D eigenvalue weighted by molar-refractivity contribution is 9.10. The molecule has 0 amide bonds. The first kappa shape index (κ1) is 7.89. The molecule has 3 nitrogen and oxygen atoms in total. The van der Waals surface area contributed by atoms with E-state index >= 15 is 0 Å². The summed E-state index contributed by atoms with van der Waals surface area (Å²) in [5.41, 5.74) is 6.49. The summed E-state index contributed by atoms with van der Waals surface area (Å²) in [5, 5.41) is 0.559. The minimum absolute atomic E-state index is 0.391. The van der Waals surface area contributed by atoms with Crippen LogP contribution in [0.5, 0.6) is 0 Å². The molecule has 0 saturated carbocycles. The molecule has 12 heavy (non-hydrogen) atoms. The summed E-state index contributed by atoms with van der Waals surface area (Å²) in [4.78, 5) is 4.02. The van der Waals surface area contributed by atoms with Crippen molar-refractivity contribution < 1.29 is 0 Å². The number of rotatable bonds is 0. The number of hydrogen-bond donors (Lipinski definition) is 1. The molecule has 0 aromatic carbocycles. The molecule has 62 valence electrons. The van der Waals surface area contributed by atoms with Crippen LogP contribution < -0.4 is 5.73 Å². The van der Waals surface area contributed by atoms with Gasteiger partial charge in [-0.2, -0.15) is 0 Å². The molecular formula is C7H5BrClN3. The first-order valence-corrected chi connectivity index (χ1v) is 4.45. The van der Waals surface area contributed by atoms with E-state index in [1.54, 1.807) is 10.5 Å². The summed E-state index contributed by atoms with van der Waals surface area (Å²) in [6.45, 7) is 0. The lowest BCUT2D eigenvalue weighted by molar-refractivity contribution is 1.17. The number of nitrogen functional groups attached to an aromatic ring is 1. The van der Waals surface area contributed by atoms with Crippen molar-refractivity contribution in [2.75, 3.05) is 5.73 Å². The highest BCUT2D eigenvalue weighted by atomic mass is 79.9. The minimum atomic E-state index is 0.391. The smallest absolute Gasteiger partial charge is 0.207 e. The van der Waals surface area contributed by atoms with Crippen LogP contribution >= 0.6 is 27.5 Å². The second kappa shape index (κ2) is 2.64. The molecule has 2 aromatic heterocycles. The van der Waals surface area contributed by atoms with Gasteiger partial charge in [-0.15, -0.1) is 0 Å². The Hall–Kier alpha value is -0.740. The predicted octanol–water partition coefficient (Wildman–Crippen LogP) is 2.33. The Balaban J connectivity index is 2.99. The third kappa shape index (κ3) is 0.990. The Morgan fingerprint density at radius 1 is 1.50 bits per heavy atom. The molecule has 2 aromatic rings. The molecule has 0 aliphatic carbocycles. The SMILES string of the molecule is Nc1nc(Br)c2cccc(Cl)n12. The maximum atomic E-state index is 5.90. The van der Waals surface area contributed by atoms with E-state index in [0.29, 0.717) is 15.7 Å². The molecule has 0 bridgehead atoms. The molecule has 2 N–H and O–H groups in total. The van der Waals surface area contributed by atoms with Gasteiger partial charge in [0.25, 0.3) is 0 Å². The van der Waals surface area contributed by atoms with Gasteiger partial charge in [-0.25, -0.2) is 4.98 Å². The van der Waals surface area contributed by atoms with Crippen molar-refractivity contribution in [2.24, 2.45) is 0 Å². The number of nitrogens with two attached hydrogens (primary N) is 1. The van der Waals surface area contributed by atoms with Crippen LogP contribution in [0.3, 0.4) is 0 Å². The second-order valence-corrected chi connectivity index (χ2v) is 3.47. The van der Waals surface area contributed by atoms with E-state index in [2.05, 4.69) is 20.9 Å². The topological polar surface area (TPSA) is 43.3 Å². The van der Waals surface area contributed by atoms with Gasteiger partial charge < -0.3 is 5.73 Å². The van der Waals surface area contributed by atoms with E-state index in [1.165, 1.54) is 0 Å². The molecule has 0 aliphatic rings. The Kier molecular flexibility index (Phi) is 1.73. The zero-order valence-electron chi connectivity index (χ0n) is 5.96. The molecule has 5 heteroatoms. The van der Waals surface area contributed by atoms with Crippen LogP contribution in [0.2, 0.25) is 5.15 Å². The molecule has 0 fully saturated rings. The van der Waals surface area contributed by atoms with Crippen LogP contribution in [0.25, 0.3) is 5.52 Å². The number of pyridine rings is 1. The first-order valence-electron chi connectivity index (χ1n) is 3.28. The van der Waals surface area contributed by atoms with E-state index in [9.17, 15) is 0 Å². The van der Waals surface area contributed by atoms with Gasteiger partial charge in [0.2, 0.25) is 5.95 Å². The Morgan fingerprint density at radius 2 is 2.25 bits per heavy atom. The van der Waals surface area contributed by atoms with Gasteiger partial charge >= 0.3 is 0 Å². The highest BCUT2D eigenvalue weighted by Gasteiger charge is 2.07. The molecule has 2 heterocycles. The fourth-order valence-corrected chi connectivity index (χ4v) is 1.83. The maximum Gasteiger partial charge on any atom is 0.207 e. The van der Waals surface area contributed by atoms with E-state index in [0.717, 1.165) is 5.52 Å². The molecule has 2 rings (SSSR count). The fourth-order valence-electron chi connectivity index (χ4n) is 1.08. The zero-order valence-corrected chi connectivity index (χ0v) is 8.30. The van der Waals surface area contributed by atoms with Crippen LogP contribution in [-0.2, 0) is 0 Å². The predicted molar refractivity (Wildman–Crippen MR) is 52.3 cm³/mol. The maximum absolute atomic E-state index is 5.90. The number of hydrogen-bond acceptors (Lipinski definition) is 2. The fraction of sp³-hybridized carbons (Fsp3) is 0. The van der Waals surface area contributed by atoms with Crippen LogP contribution in [0.15, 0.2) is 22.8 Å². The second-order valence-electron chi connectivity index (χ2n) is 2.33. The summed E-state index contributed by atoms with van der Waals surface area (Å²) in [6.07, 6.45) is 0. The lowest BCUT2D eigenvalue weighted by atomic mass is 10.4. The van der Waals surface area contributed by atoms with Crippen LogP contribution in [0, 0.1) is 0 Å². The van der Waals surface area contributed by atoms with Crippen molar-refractivity contribution in [1.29, 1.82) is 0 Å². The van der Waals surface area contributed by atoms with Crippen molar-refractivity contribution in [3.63, 3.8) is 0 Å². The molecule has 0 atom stereocenters. The van der Waals surface area contributed by atoms with Crippen molar-refractivity contribution in [1.82, 2.24) is 9.38 Å². The van der Waals surface area contributed by atoms with Gasteiger partial charge in [-0.1, -0.05) is 17.7 Å². The lowest BCUT2D eigenvalue weighted by Gasteiger charge is -1.97. The van der Waals surface area contributed by atoms with Gasteiger partial charge in [-0.3, -0.25) is 4.40 Å². The average molecular weight is 246 g/mol. The third-order valence-electron chi connectivity index (χ3n) is 1.60. The third-order valence-corrected chi connectivity index (χ3v) is 2.47. The molecule has 0 saturated heterocycles. The summed E-state index contributed by atoms with van der Waals surface area (Å²) in [7, 11) is 0. The molecule has 0 unspecified atom stereocenters. The van der Waals surface area contributed by atoms with Gasteiger partial charge in [-0.05, 0) is 28.1 Å². The minimum Gasteiger partial charge on any atom is -0.369 e. The number of halogens is 2. The summed E-state index contributed by atoms with van der Waals surface area (Å²) in [5.74, 6) is 0.391. The lowest BCUT2D eigenvalue weighted by Crippen LogP contribution is -1.94. The number of aromatic nitrogens is 2. The van der Waals surface area contributed by atoms with Crippen molar-refractivity contribution in [3.05, 3.63) is 28.0 Å². The van der Waals surface area contributed by atoms with Crippen LogP contribution in [0.4, 0.5) is 5.95 Å². The molecule has 0 spiro atoms. The number of nitrogens with zero attached hydrogens (tertiary/aromatic N) is 2. The quantitative estimate of drug-likeness (QED) is 0.725. The average Bonchev–Trinajstić information content (AvgIpc) is 2.29. The molecular weight excluding hydrogens is 241 g/mol. The summed E-state index contributed by atoms with van der Waals surface area (Å²) < 4.78 is 2.38. The summed E-state index contributed by atoms with van der Waals surface area (Å²) in [6, 6.07) is 5.50. The largest absolute Gasteiger partial charge is 0.369 e. The Bertz CT molecular complexity index is 437. The van der Waals surface area contributed by atoms with E-state index in [4.69, 9.17) is 17.3 Å². The Morgan fingerprint density at radius 3 is 2.92 bits per heavy atom. The monoisotopic (exact) mass is 245 g/mol. The van der Waals surface area contributed by atoms with Crippen molar-refractivity contribution in [3.8, 4) is 0 Å². The highest BCUT2D eigenvalue weighted by Crippen LogP contribution is 2.23. The van der Waals surface area contributed by atoms with Gasteiger partial charge in [0.15, 0.2) is 0 Å². The Labute approximate surface area is 82.3 Å². The summed E-state index contributed by atoms with van der Waals surface area (Å²) >= 11 is 9.18. The van der Waals surface area contributed by atoms with Crippen molar-refractivity contribution >= 4 is 39.0 Å².